The van der Waals surface area contributed by atoms with Crippen molar-refractivity contribution in [2.24, 2.45) is 0 Å². The third-order valence-corrected chi connectivity index (χ3v) is 6.75. The molecule has 4 rings (SSSR count). The molecule has 2 saturated heterocycles. The first-order valence-electron chi connectivity index (χ1n) is 11.9. The fourth-order valence-corrected chi connectivity index (χ4v) is 4.97. The Morgan fingerprint density at radius 1 is 1.22 bits per heavy atom. The number of methoxy groups -OCH3 is 1. The van der Waals surface area contributed by atoms with E-state index in [0.717, 1.165) is 13.1 Å². The van der Waals surface area contributed by atoms with Crippen molar-refractivity contribution in [2.45, 2.75) is 26.3 Å². The Morgan fingerprint density at radius 3 is 2.61 bits per heavy atom. The Balaban J connectivity index is 1.75. The van der Waals surface area contributed by atoms with Crippen molar-refractivity contribution in [3.05, 3.63) is 63.7 Å². The number of Topliss-reactive ketones (excluding diaryl/α,β-unsaturated/α-hetero) is 1. The number of aryl methyl sites for hydroxylation is 1. The number of amides is 1. The molecule has 0 radical (unpaired) electrons. The number of carbonyl (C=O) groups is 3. The SMILES string of the molecule is COC(=O)c1[nH]c(C)c(C(O)=C2C(=O)C(=O)N(CCCN3CCOCC3)[C@H]2c2cccc(F)c2)c1C. The highest BCUT2D eigenvalue weighted by Gasteiger charge is 2.46. The van der Waals surface area contributed by atoms with Gasteiger partial charge in [-0.05, 0) is 43.5 Å². The molecular formula is C26H30FN3O6. The molecular weight excluding hydrogens is 469 g/mol. The first kappa shape index (κ1) is 25.6. The van der Waals surface area contributed by atoms with Crippen LogP contribution in [0, 0.1) is 19.7 Å². The average Bonchev–Trinajstić information content (AvgIpc) is 3.31. The van der Waals surface area contributed by atoms with Crippen molar-refractivity contribution in [3.63, 3.8) is 0 Å². The van der Waals surface area contributed by atoms with Gasteiger partial charge in [0.15, 0.2) is 0 Å². The van der Waals surface area contributed by atoms with Crippen LogP contribution in [0.4, 0.5) is 4.39 Å². The minimum absolute atomic E-state index is 0.138. The number of nitrogens with zero attached hydrogens (tertiary/aromatic N) is 2. The summed E-state index contributed by atoms with van der Waals surface area (Å²) in [6.45, 7) is 7.10. The van der Waals surface area contributed by atoms with E-state index in [0.29, 0.717) is 43.0 Å². The summed E-state index contributed by atoms with van der Waals surface area (Å²) in [5.41, 5.74) is 1.43. The third-order valence-electron chi connectivity index (χ3n) is 6.75. The van der Waals surface area contributed by atoms with Gasteiger partial charge >= 0.3 is 5.97 Å². The largest absolute Gasteiger partial charge is 0.507 e. The van der Waals surface area contributed by atoms with E-state index in [4.69, 9.17) is 9.47 Å². The molecule has 10 heteroatoms. The number of likely N-dealkylation sites (tertiary alicyclic amines) is 1. The molecule has 1 aromatic heterocycles. The molecule has 0 bridgehead atoms. The number of ether oxygens (including phenoxy) is 2. The average molecular weight is 500 g/mol. The summed E-state index contributed by atoms with van der Waals surface area (Å²) in [5.74, 6) is -3.17. The Labute approximate surface area is 208 Å². The summed E-state index contributed by atoms with van der Waals surface area (Å²) in [6.07, 6.45) is 0.591. The van der Waals surface area contributed by atoms with Gasteiger partial charge in [-0.15, -0.1) is 0 Å². The van der Waals surface area contributed by atoms with Gasteiger partial charge in [-0.25, -0.2) is 9.18 Å². The topological polar surface area (TPSA) is 112 Å². The molecule has 2 aliphatic heterocycles. The zero-order valence-corrected chi connectivity index (χ0v) is 20.6. The smallest absolute Gasteiger partial charge is 0.354 e. The highest BCUT2D eigenvalue weighted by Crippen LogP contribution is 2.41. The van der Waals surface area contributed by atoms with E-state index >= 15 is 0 Å². The number of rotatable bonds is 7. The van der Waals surface area contributed by atoms with Gasteiger partial charge in [-0.3, -0.25) is 14.5 Å². The zero-order valence-electron chi connectivity index (χ0n) is 20.6. The molecule has 192 valence electrons. The number of hydrogen-bond acceptors (Lipinski definition) is 7. The van der Waals surface area contributed by atoms with Gasteiger partial charge in [-0.2, -0.15) is 0 Å². The van der Waals surface area contributed by atoms with E-state index in [-0.39, 0.29) is 23.4 Å². The summed E-state index contributed by atoms with van der Waals surface area (Å²) in [6, 6.07) is 4.69. The lowest BCUT2D eigenvalue weighted by molar-refractivity contribution is -0.140. The lowest BCUT2D eigenvalue weighted by Crippen LogP contribution is -2.39. The fourth-order valence-electron chi connectivity index (χ4n) is 4.97. The lowest BCUT2D eigenvalue weighted by atomic mass is 9.94. The maximum atomic E-state index is 14.2. The Hall–Kier alpha value is -3.50. The van der Waals surface area contributed by atoms with Crippen molar-refractivity contribution >= 4 is 23.4 Å². The number of H-pyrrole nitrogens is 1. The molecule has 9 nitrogen and oxygen atoms in total. The number of halogens is 1. The normalized spacial score (nSPS) is 20.2. The number of morpholine rings is 1. The Bertz CT molecular complexity index is 1210. The molecule has 3 heterocycles. The van der Waals surface area contributed by atoms with Crippen molar-refractivity contribution in [2.75, 3.05) is 46.5 Å². The van der Waals surface area contributed by atoms with Crippen LogP contribution in [0.25, 0.3) is 5.76 Å². The predicted molar refractivity (Wildman–Crippen MR) is 129 cm³/mol. The first-order chi connectivity index (χ1) is 17.2. The standard InChI is InChI=1S/C26H30FN3O6/c1-15-19(16(2)28-21(15)26(34)35-3)23(31)20-22(17-6-4-7-18(27)14-17)30(25(33)24(20)32)9-5-8-29-10-12-36-13-11-29/h4,6-7,14,22,28,31H,5,8-13H2,1-3H3/t22-/m0/s1. The number of esters is 1. The van der Waals surface area contributed by atoms with Crippen LogP contribution in [0.2, 0.25) is 0 Å². The van der Waals surface area contributed by atoms with Crippen LogP contribution in [0.3, 0.4) is 0 Å². The predicted octanol–water partition coefficient (Wildman–Crippen LogP) is 2.70. The minimum Gasteiger partial charge on any atom is -0.507 e. The summed E-state index contributed by atoms with van der Waals surface area (Å²) in [4.78, 5) is 45.1. The number of hydrogen-bond donors (Lipinski definition) is 2. The highest BCUT2D eigenvalue weighted by atomic mass is 19.1. The monoisotopic (exact) mass is 499 g/mol. The summed E-state index contributed by atoms with van der Waals surface area (Å²) >= 11 is 0. The maximum Gasteiger partial charge on any atom is 0.354 e. The molecule has 2 aromatic rings. The van der Waals surface area contributed by atoms with E-state index in [9.17, 15) is 23.9 Å². The van der Waals surface area contributed by atoms with Crippen LogP contribution in [0.5, 0.6) is 0 Å². The molecule has 0 unspecified atom stereocenters. The summed E-state index contributed by atoms with van der Waals surface area (Å²) < 4.78 is 24.4. The van der Waals surface area contributed by atoms with Crippen LogP contribution in [0.1, 0.15) is 45.3 Å². The molecule has 0 spiro atoms. The van der Waals surface area contributed by atoms with Gasteiger partial charge in [0.05, 0.1) is 31.9 Å². The quantitative estimate of drug-likeness (QED) is 0.261. The minimum atomic E-state index is -0.972. The van der Waals surface area contributed by atoms with Crippen LogP contribution >= 0.6 is 0 Å². The van der Waals surface area contributed by atoms with E-state index < -0.39 is 35.3 Å². The second-order valence-corrected chi connectivity index (χ2v) is 8.97. The third kappa shape index (κ3) is 4.78. The van der Waals surface area contributed by atoms with Crippen LogP contribution in [-0.4, -0.2) is 84.1 Å². The molecule has 1 amide bonds. The van der Waals surface area contributed by atoms with Crippen molar-refractivity contribution in [1.82, 2.24) is 14.8 Å². The zero-order chi connectivity index (χ0) is 26.0. The molecule has 1 aromatic carbocycles. The Morgan fingerprint density at radius 2 is 1.94 bits per heavy atom. The highest BCUT2D eigenvalue weighted by molar-refractivity contribution is 6.46. The number of benzene rings is 1. The van der Waals surface area contributed by atoms with Gasteiger partial charge < -0.3 is 24.5 Å². The summed E-state index contributed by atoms with van der Waals surface area (Å²) in [7, 11) is 1.24. The van der Waals surface area contributed by atoms with E-state index in [1.165, 1.54) is 30.2 Å². The maximum absolute atomic E-state index is 14.2. The van der Waals surface area contributed by atoms with Gasteiger partial charge in [-0.1, -0.05) is 12.1 Å². The molecule has 0 saturated carbocycles. The van der Waals surface area contributed by atoms with Crippen LogP contribution in [0.15, 0.2) is 29.8 Å². The fraction of sp³-hybridized carbons (Fsp3) is 0.423. The Kier molecular flexibility index (Phi) is 7.56. The molecule has 36 heavy (non-hydrogen) atoms. The second kappa shape index (κ2) is 10.6. The summed E-state index contributed by atoms with van der Waals surface area (Å²) in [5, 5.41) is 11.4. The number of carbonyl (C=O) groups excluding carboxylic acids is 3. The number of ketones is 1. The van der Waals surface area contributed by atoms with E-state index in [2.05, 4.69) is 9.88 Å². The second-order valence-electron chi connectivity index (χ2n) is 8.97. The number of aliphatic hydroxyl groups is 1. The van der Waals surface area contributed by atoms with Gasteiger partial charge in [0.2, 0.25) is 0 Å². The molecule has 2 N–H and O–H groups in total. The van der Waals surface area contributed by atoms with E-state index in [1.54, 1.807) is 19.9 Å². The number of nitrogens with one attached hydrogen (secondary N) is 1. The van der Waals surface area contributed by atoms with Crippen molar-refractivity contribution in [3.8, 4) is 0 Å². The van der Waals surface area contributed by atoms with Gasteiger partial charge in [0.25, 0.3) is 11.7 Å². The number of aliphatic hydroxyl groups excluding tert-OH is 1. The van der Waals surface area contributed by atoms with Gasteiger partial charge in [0.1, 0.15) is 17.3 Å². The molecule has 2 aliphatic rings. The molecule has 1 atom stereocenters. The van der Waals surface area contributed by atoms with Crippen molar-refractivity contribution < 1.29 is 33.4 Å². The molecule has 0 aliphatic carbocycles. The van der Waals surface area contributed by atoms with E-state index in [1.807, 2.05) is 0 Å². The van der Waals surface area contributed by atoms with Crippen LogP contribution < -0.4 is 0 Å². The molecule has 2 fully saturated rings. The number of aromatic nitrogens is 1. The lowest BCUT2D eigenvalue weighted by Gasteiger charge is -2.29. The first-order valence-corrected chi connectivity index (χ1v) is 11.9. The van der Waals surface area contributed by atoms with Crippen molar-refractivity contribution in [1.29, 1.82) is 0 Å². The van der Waals surface area contributed by atoms with Crippen LogP contribution in [-0.2, 0) is 19.1 Å². The number of aromatic amines is 1. The van der Waals surface area contributed by atoms with Gasteiger partial charge in [0, 0.05) is 37.4 Å².